The average Bonchev–Trinajstić information content (AvgIpc) is 3.01. The Kier molecular flexibility index (Phi) is 7.81. The number of rotatable bonds is 7. The summed E-state index contributed by atoms with van der Waals surface area (Å²) in [4.78, 5) is 31.4. The van der Waals surface area contributed by atoms with Gasteiger partial charge in [0.2, 0.25) is 11.8 Å². The molecule has 31 heavy (non-hydrogen) atoms. The van der Waals surface area contributed by atoms with E-state index in [9.17, 15) is 9.59 Å². The van der Waals surface area contributed by atoms with Crippen LogP contribution in [0.25, 0.3) is 0 Å². The number of aryl methyl sites for hydroxylation is 1. The van der Waals surface area contributed by atoms with Gasteiger partial charge >= 0.3 is 0 Å². The van der Waals surface area contributed by atoms with Crippen LogP contribution in [-0.2, 0) is 16.0 Å². The van der Waals surface area contributed by atoms with Gasteiger partial charge in [-0.2, -0.15) is 0 Å². The molecule has 7 nitrogen and oxygen atoms in total. The summed E-state index contributed by atoms with van der Waals surface area (Å²) in [5.74, 6) is 1.86. The van der Waals surface area contributed by atoms with Gasteiger partial charge in [-0.3, -0.25) is 14.5 Å². The van der Waals surface area contributed by atoms with Crippen LogP contribution in [0.3, 0.4) is 0 Å². The third-order valence-corrected chi connectivity index (χ3v) is 6.94. The third-order valence-electron chi connectivity index (χ3n) is 6.94. The second-order valence-electron chi connectivity index (χ2n) is 8.95. The molecule has 1 spiro atoms. The molecule has 3 rings (SSSR count). The molecule has 2 aliphatic heterocycles. The van der Waals surface area contributed by atoms with Gasteiger partial charge in [0, 0.05) is 45.2 Å². The molecule has 1 aromatic carbocycles. The summed E-state index contributed by atoms with van der Waals surface area (Å²) in [5.41, 5.74) is 1.09. The summed E-state index contributed by atoms with van der Waals surface area (Å²) in [5, 5.41) is 0. The number of nitrogens with zero attached hydrogens (tertiary/aromatic N) is 3. The first-order valence-electron chi connectivity index (χ1n) is 11.3. The molecule has 0 aromatic heterocycles. The second-order valence-corrected chi connectivity index (χ2v) is 8.95. The minimum Gasteiger partial charge on any atom is -0.497 e. The number of ether oxygens (including phenoxy) is 2. The molecule has 1 atom stereocenters. The first-order valence-corrected chi connectivity index (χ1v) is 11.3. The summed E-state index contributed by atoms with van der Waals surface area (Å²) >= 11 is 0. The smallest absolute Gasteiger partial charge is 0.236 e. The average molecular weight is 432 g/mol. The summed E-state index contributed by atoms with van der Waals surface area (Å²) in [6, 6.07) is 5.74. The van der Waals surface area contributed by atoms with Gasteiger partial charge < -0.3 is 19.3 Å². The zero-order valence-corrected chi connectivity index (χ0v) is 19.5. The number of methoxy groups -OCH3 is 2. The Labute approximate surface area is 186 Å². The van der Waals surface area contributed by atoms with Crippen LogP contribution >= 0.6 is 0 Å². The molecule has 0 saturated carbocycles. The fourth-order valence-electron chi connectivity index (χ4n) is 5.00. The Morgan fingerprint density at radius 2 is 1.77 bits per heavy atom. The highest BCUT2D eigenvalue weighted by Gasteiger charge is 2.42. The van der Waals surface area contributed by atoms with Crippen LogP contribution in [0, 0.1) is 0 Å². The lowest BCUT2D eigenvalue weighted by atomic mass is 9.87. The van der Waals surface area contributed by atoms with Crippen molar-refractivity contribution in [3.63, 3.8) is 0 Å². The lowest BCUT2D eigenvalue weighted by Crippen LogP contribution is -2.48. The highest BCUT2D eigenvalue weighted by atomic mass is 16.5. The highest BCUT2D eigenvalue weighted by molar-refractivity contribution is 5.78. The fourth-order valence-corrected chi connectivity index (χ4v) is 5.00. The number of hydrogen-bond acceptors (Lipinski definition) is 5. The number of hydrogen-bond donors (Lipinski definition) is 0. The monoisotopic (exact) mass is 431 g/mol. The molecule has 2 heterocycles. The van der Waals surface area contributed by atoms with E-state index in [1.807, 2.05) is 37.2 Å². The van der Waals surface area contributed by atoms with E-state index in [1.54, 1.807) is 19.1 Å². The molecule has 2 aliphatic rings. The van der Waals surface area contributed by atoms with E-state index in [2.05, 4.69) is 4.90 Å². The molecule has 1 unspecified atom stereocenters. The minimum absolute atomic E-state index is 0.0693. The van der Waals surface area contributed by atoms with Gasteiger partial charge in [-0.1, -0.05) is 6.07 Å². The molecule has 172 valence electrons. The maximum atomic E-state index is 13.0. The van der Waals surface area contributed by atoms with Crippen LogP contribution < -0.4 is 9.47 Å². The van der Waals surface area contributed by atoms with Gasteiger partial charge in [-0.25, -0.2) is 0 Å². The van der Waals surface area contributed by atoms with Crippen molar-refractivity contribution >= 4 is 11.8 Å². The Morgan fingerprint density at radius 1 is 1.03 bits per heavy atom. The first-order chi connectivity index (χ1) is 14.9. The van der Waals surface area contributed by atoms with Crippen LogP contribution in [-0.4, -0.2) is 86.5 Å². The molecule has 2 amide bonds. The quantitative estimate of drug-likeness (QED) is 0.664. The molecule has 0 aliphatic carbocycles. The van der Waals surface area contributed by atoms with Gasteiger partial charge in [0.05, 0.1) is 20.8 Å². The minimum atomic E-state index is 0.0693. The lowest BCUT2D eigenvalue weighted by molar-refractivity contribution is -0.132. The maximum absolute atomic E-state index is 13.0. The van der Waals surface area contributed by atoms with E-state index < -0.39 is 0 Å². The van der Waals surface area contributed by atoms with Crippen molar-refractivity contribution in [2.75, 3.05) is 54.5 Å². The van der Waals surface area contributed by atoms with E-state index >= 15 is 0 Å². The van der Waals surface area contributed by atoms with E-state index in [0.29, 0.717) is 19.4 Å². The van der Waals surface area contributed by atoms with E-state index in [-0.39, 0.29) is 17.4 Å². The molecule has 2 fully saturated rings. The molecular weight excluding hydrogens is 394 g/mol. The number of amides is 2. The van der Waals surface area contributed by atoms with Crippen LogP contribution in [0.2, 0.25) is 0 Å². The van der Waals surface area contributed by atoms with Gasteiger partial charge in [0.1, 0.15) is 11.5 Å². The normalized spacial score (nSPS) is 21.7. The topological polar surface area (TPSA) is 62.3 Å². The summed E-state index contributed by atoms with van der Waals surface area (Å²) in [6.45, 7) is 3.03. The number of benzene rings is 1. The number of likely N-dealkylation sites (N-methyl/N-ethyl adjacent to an activating group) is 1. The first kappa shape index (κ1) is 23.4. The van der Waals surface area contributed by atoms with Crippen LogP contribution in [0.5, 0.6) is 11.5 Å². The van der Waals surface area contributed by atoms with Crippen LogP contribution in [0.15, 0.2) is 18.2 Å². The lowest BCUT2D eigenvalue weighted by Gasteiger charge is -2.38. The molecule has 0 radical (unpaired) electrons. The number of likely N-dealkylation sites (tertiary alicyclic amines) is 2. The molecule has 2 saturated heterocycles. The zero-order valence-electron chi connectivity index (χ0n) is 19.5. The Morgan fingerprint density at radius 3 is 2.45 bits per heavy atom. The van der Waals surface area contributed by atoms with Crippen molar-refractivity contribution in [1.29, 1.82) is 0 Å². The zero-order chi connectivity index (χ0) is 22.4. The maximum Gasteiger partial charge on any atom is 0.236 e. The molecular formula is C24H37N3O4. The Hall–Kier alpha value is -2.28. The molecule has 1 aromatic rings. The van der Waals surface area contributed by atoms with Crippen molar-refractivity contribution in [3.05, 3.63) is 23.8 Å². The summed E-state index contributed by atoms with van der Waals surface area (Å²) in [7, 11) is 6.90. The van der Waals surface area contributed by atoms with Crippen molar-refractivity contribution in [2.24, 2.45) is 0 Å². The molecule has 7 heteroatoms. The Bertz CT molecular complexity index is 782. The standard InChI is InChI=1S/C24H37N3O4/c1-25(2)23(29)18-27-15-6-12-24(27)11-5-14-26(16-13-24)22(28)10-8-19-7-9-20(30-3)17-21(19)31-4/h7,9,17H,5-6,8,10-16,18H2,1-4H3. The Balaban J connectivity index is 1.58. The summed E-state index contributed by atoms with van der Waals surface area (Å²) in [6.07, 6.45) is 6.37. The van der Waals surface area contributed by atoms with Crippen LogP contribution in [0.4, 0.5) is 0 Å². The van der Waals surface area contributed by atoms with E-state index in [0.717, 1.165) is 68.8 Å². The predicted octanol–water partition coefficient (Wildman–Crippen LogP) is 2.57. The van der Waals surface area contributed by atoms with E-state index in [4.69, 9.17) is 9.47 Å². The van der Waals surface area contributed by atoms with Gasteiger partial charge in [-0.05, 0) is 56.7 Å². The van der Waals surface area contributed by atoms with Crippen molar-refractivity contribution < 1.29 is 19.1 Å². The molecule has 0 bridgehead atoms. The number of carbonyl (C=O) groups is 2. The largest absolute Gasteiger partial charge is 0.497 e. The summed E-state index contributed by atoms with van der Waals surface area (Å²) < 4.78 is 10.7. The van der Waals surface area contributed by atoms with E-state index in [1.165, 1.54) is 0 Å². The highest BCUT2D eigenvalue weighted by Crippen LogP contribution is 2.38. The predicted molar refractivity (Wildman–Crippen MR) is 121 cm³/mol. The van der Waals surface area contributed by atoms with Gasteiger partial charge in [-0.15, -0.1) is 0 Å². The van der Waals surface area contributed by atoms with Crippen molar-refractivity contribution in [2.45, 2.75) is 50.5 Å². The van der Waals surface area contributed by atoms with Crippen molar-refractivity contribution in [3.8, 4) is 11.5 Å². The van der Waals surface area contributed by atoms with Gasteiger partial charge in [0.25, 0.3) is 0 Å². The second kappa shape index (κ2) is 10.4. The third kappa shape index (κ3) is 5.50. The SMILES string of the molecule is COc1ccc(CCC(=O)N2CCCC3(CCCN3CC(=O)N(C)C)CC2)c(OC)c1. The van der Waals surface area contributed by atoms with Crippen LogP contribution in [0.1, 0.15) is 44.1 Å². The fraction of sp³-hybridized carbons (Fsp3) is 0.667. The molecule has 0 N–H and O–H groups in total. The van der Waals surface area contributed by atoms with Gasteiger partial charge in [0.15, 0.2) is 0 Å². The van der Waals surface area contributed by atoms with Crippen molar-refractivity contribution in [1.82, 2.24) is 14.7 Å². The number of carbonyl (C=O) groups excluding carboxylic acids is 2.